The lowest BCUT2D eigenvalue weighted by atomic mass is 10.0. The van der Waals surface area contributed by atoms with E-state index in [1.807, 2.05) is 45.0 Å². The topological polar surface area (TPSA) is 77.2 Å². The van der Waals surface area contributed by atoms with E-state index in [-0.39, 0.29) is 18.5 Å². The highest BCUT2D eigenvalue weighted by atomic mass is 16.2. The minimum atomic E-state index is -0.547. The van der Waals surface area contributed by atoms with E-state index in [0.29, 0.717) is 23.3 Å². The van der Waals surface area contributed by atoms with Crippen LogP contribution in [-0.4, -0.2) is 37.5 Å². The fourth-order valence-electron chi connectivity index (χ4n) is 4.32. The van der Waals surface area contributed by atoms with E-state index in [2.05, 4.69) is 4.98 Å². The molecule has 3 heterocycles. The van der Waals surface area contributed by atoms with Gasteiger partial charge in [0.1, 0.15) is 6.54 Å². The molecule has 0 saturated carbocycles. The number of pyridine rings is 1. The van der Waals surface area contributed by atoms with Gasteiger partial charge < -0.3 is 4.90 Å². The Labute approximate surface area is 174 Å². The second-order valence-electron chi connectivity index (χ2n) is 8.06. The maximum absolute atomic E-state index is 13.4. The Morgan fingerprint density at radius 3 is 2.57 bits per heavy atom. The number of rotatable bonds is 3. The predicted molar refractivity (Wildman–Crippen MR) is 116 cm³/mol. The van der Waals surface area contributed by atoms with E-state index < -0.39 is 11.2 Å². The van der Waals surface area contributed by atoms with Crippen LogP contribution in [0.5, 0.6) is 0 Å². The van der Waals surface area contributed by atoms with E-state index >= 15 is 0 Å². The molecule has 1 aliphatic rings. The highest BCUT2D eigenvalue weighted by Gasteiger charge is 2.26. The van der Waals surface area contributed by atoms with E-state index in [1.54, 1.807) is 17.0 Å². The number of aryl methyl sites for hydroxylation is 2. The lowest BCUT2D eigenvalue weighted by Gasteiger charge is -2.33. The van der Waals surface area contributed by atoms with Gasteiger partial charge in [0.2, 0.25) is 5.91 Å². The van der Waals surface area contributed by atoms with Crippen LogP contribution < -0.4 is 11.2 Å². The second kappa shape index (κ2) is 7.89. The molecule has 0 aliphatic carbocycles. The largest absolute Gasteiger partial charge is 0.338 e. The lowest BCUT2D eigenvalue weighted by Crippen LogP contribution is -2.48. The zero-order chi connectivity index (χ0) is 21.4. The van der Waals surface area contributed by atoms with Gasteiger partial charge in [-0.2, -0.15) is 0 Å². The molecule has 1 aromatic carbocycles. The molecule has 156 valence electrons. The van der Waals surface area contributed by atoms with Gasteiger partial charge in [0.05, 0.1) is 11.1 Å². The molecule has 2 aromatic heterocycles. The Morgan fingerprint density at radius 2 is 1.87 bits per heavy atom. The third kappa shape index (κ3) is 3.44. The standard InChI is InChI=1S/C23H26N4O3/c1-15-13-16(2)24-21-20(15)22(29)26(14-19(28)25-12-8-7-9-17(25)3)23(30)27(21)18-10-5-4-6-11-18/h4-6,10-11,13,17H,7-9,12,14H2,1-3H3/t17-/m0/s1. The second-order valence-corrected chi connectivity index (χ2v) is 8.06. The molecule has 3 aromatic rings. The number of likely N-dealkylation sites (tertiary alicyclic amines) is 1. The summed E-state index contributed by atoms with van der Waals surface area (Å²) in [5.41, 5.74) is 1.37. The van der Waals surface area contributed by atoms with Crippen molar-refractivity contribution < 1.29 is 4.79 Å². The van der Waals surface area contributed by atoms with Crippen LogP contribution in [0.15, 0.2) is 46.0 Å². The number of hydrogen-bond donors (Lipinski definition) is 0. The fraction of sp³-hybridized carbons (Fsp3) is 0.391. The summed E-state index contributed by atoms with van der Waals surface area (Å²) in [7, 11) is 0. The van der Waals surface area contributed by atoms with Crippen molar-refractivity contribution >= 4 is 16.9 Å². The monoisotopic (exact) mass is 406 g/mol. The van der Waals surface area contributed by atoms with Crippen LogP contribution >= 0.6 is 0 Å². The van der Waals surface area contributed by atoms with Gasteiger partial charge in [-0.1, -0.05) is 18.2 Å². The molecular weight excluding hydrogens is 380 g/mol. The molecule has 1 saturated heterocycles. The molecule has 0 radical (unpaired) electrons. The van der Waals surface area contributed by atoms with E-state index in [4.69, 9.17) is 0 Å². The fourth-order valence-corrected chi connectivity index (χ4v) is 4.32. The average Bonchev–Trinajstić information content (AvgIpc) is 2.71. The number of benzene rings is 1. The van der Waals surface area contributed by atoms with Crippen molar-refractivity contribution in [3.8, 4) is 5.69 Å². The lowest BCUT2D eigenvalue weighted by molar-refractivity contribution is -0.135. The minimum absolute atomic E-state index is 0.116. The Balaban J connectivity index is 1.94. The molecule has 0 bridgehead atoms. The number of amides is 1. The highest BCUT2D eigenvalue weighted by Crippen LogP contribution is 2.18. The van der Waals surface area contributed by atoms with Crippen LogP contribution in [0, 0.1) is 13.8 Å². The number of aromatic nitrogens is 3. The number of carbonyl (C=O) groups excluding carboxylic acids is 1. The van der Waals surface area contributed by atoms with Crippen LogP contribution in [0.25, 0.3) is 16.7 Å². The maximum Gasteiger partial charge on any atom is 0.337 e. The van der Waals surface area contributed by atoms with Gasteiger partial charge in [-0.05, 0) is 63.8 Å². The summed E-state index contributed by atoms with van der Waals surface area (Å²) in [6.45, 7) is 6.07. The van der Waals surface area contributed by atoms with Crippen molar-refractivity contribution in [1.82, 2.24) is 19.0 Å². The molecule has 4 rings (SSSR count). The summed E-state index contributed by atoms with van der Waals surface area (Å²) in [6.07, 6.45) is 2.97. The first-order chi connectivity index (χ1) is 14.4. The first kappa shape index (κ1) is 20.1. The van der Waals surface area contributed by atoms with Crippen molar-refractivity contribution in [1.29, 1.82) is 0 Å². The first-order valence-corrected chi connectivity index (χ1v) is 10.4. The van der Waals surface area contributed by atoms with Crippen LogP contribution in [0.3, 0.4) is 0 Å². The smallest absolute Gasteiger partial charge is 0.337 e. The number of hydrogen-bond acceptors (Lipinski definition) is 4. The molecule has 30 heavy (non-hydrogen) atoms. The van der Waals surface area contributed by atoms with Crippen molar-refractivity contribution in [2.45, 2.75) is 52.6 Å². The van der Waals surface area contributed by atoms with Gasteiger partial charge in [-0.25, -0.2) is 18.9 Å². The molecule has 1 aliphatic heterocycles. The number of para-hydroxylation sites is 1. The quantitative estimate of drug-likeness (QED) is 0.670. The first-order valence-electron chi connectivity index (χ1n) is 10.4. The SMILES string of the molecule is Cc1cc(C)c2c(=O)n(CC(=O)N3CCCC[C@@H]3C)c(=O)n(-c3ccccc3)c2n1. The summed E-state index contributed by atoms with van der Waals surface area (Å²) >= 11 is 0. The average molecular weight is 406 g/mol. The summed E-state index contributed by atoms with van der Waals surface area (Å²) in [6, 6.07) is 11.0. The number of piperidine rings is 1. The molecular formula is C23H26N4O3. The van der Waals surface area contributed by atoms with Crippen LogP contribution in [-0.2, 0) is 11.3 Å². The summed E-state index contributed by atoms with van der Waals surface area (Å²) < 4.78 is 2.49. The molecule has 1 amide bonds. The zero-order valence-corrected chi connectivity index (χ0v) is 17.6. The number of carbonyl (C=O) groups is 1. The summed E-state index contributed by atoms with van der Waals surface area (Å²) in [5.74, 6) is -0.196. The minimum Gasteiger partial charge on any atom is -0.338 e. The predicted octanol–water partition coefficient (Wildman–Crippen LogP) is 2.57. The zero-order valence-electron chi connectivity index (χ0n) is 17.6. The number of fused-ring (bicyclic) bond motifs is 1. The van der Waals surface area contributed by atoms with Crippen LogP contribution in [0.2, 0.25) is 0 Å². The molecule has 1 fully saturated rings. The van der Waals surface area contributed by atoms with Gasteiger partial charge in [-0.15, -0.1) is 0 Å². The van der Waals surface area contributed by atoms with Crippen molar-refractivity contribution in [2.24, 2.45) is 0 Å². The van der Waals surface area contributed by atoms with Gasteiger partial charge in [0, 0.05) is 18.3 Å². The van der Waals surface area contributed by atoms with Crippen molar-refractivity contribution in [3.05, 3.63) is 68.5 Å². The van der Waals surface area contributed by atoms with E-state index in [1.165, 1.54) is 4.57 Å². The van der Waals surface area contributed by atoms with Gasteiger partial charge in [0.15, 0.2) is 5.65 Å². The Hall–Kier alpha value is -3.22. The highest BCUT2D eigenvalue weighted by molar-refractivity contribution is 5.81. The van der Waals surface area contributed by atoms with Gasteiger partial charge in [-0.3, -0.25) is 9.59 Å². The normalized spacial score (nSPS) is 16.8. The molecule has 1 atom stereocenters. The van der Waals surface area contributed by atoms with E-state index in [0.717, 1.165) is 35.1 Å². The van der Waals surface area contributed by atoms with Crippen LogP contribution in [0.1, 0.15) is 37.4 Å². The van der Waals surface area contributed by atoms with Crippen molar-refractivity contribution in [3.63, 3.8) is 0 Å². The third-order valence-electron chi connectivity index (χ3n) is 5.85. The summed E-state index contributed by atoms with van der Waals surface area (Å²) in [4.78, 5) is 46.0. The Kier molecular flexibility index (Phi) is 5.28. The Morgan fingerprint density at radius 1 is 1.13 bits per heavy atom. The van der Waals surface area contributed by atoms with Gasteiger partial charge >= 0.3 is 5.69 Å². The number of nitrogens with zero attached hydrogens (tertiary/aromatic N) is 4. The van der Waals surface area contributed by atoms with Gasteiger partial charge in [0.25, 0.3) is 5.56 Å². The molecule has 0 N–H and O–H groups in total. The maximum atomic E-state index is 13.4. The molecule has 0 unspecified atom stereocenters. The molecule has 7 nitrogen and oxygen atoms in total. The molecule has 0 spiro atoms. The third-order valence-corrected chi connectivity index (χ3v) is 5.85. The van der Waals surface area contributed by atoms with Crippen molar-refractivity contribution in [2.75, 3.05) is 6.54 Å². The summed E-state index contributed by atoms with van der Waals surface area (Å²) in [5, 5.41) is 0.364. The van der Waals surface area contributed by atoms with E-state index in [9.17, 15) is 14.4 Å². The Bertz CT molecular complexity index is 1230. The molecule has 7 heteroatoms. The van der Waals surface area contributed by atoms with Crippen LogP contribution in [0.4, 0.5) is 0 Å².